The van der Waals surface area contributed by atoms with Crippen molar-refractivity contribution in [2.75, 3.05) is 6.61 Å². The number of alkyl halides is 3. The summed E-state index contributed by atoms with van der Waals surface area (Å²) in [4.78, 5) is 12.3. The first-order valence-corrected chi connectivity index (χ1v) is 9.47. The molecule has 9 heteroatoms. The molecule has 1 rings (SSSR count). The minimum absolute atomic E-state index is 0.00972. The van der Waals surface area contributed by atoms with Crippen LogP contribution in [0.1, 0.15) is 38.7 Å². The lowest BCUT2D eigenvalue weighted by atomic mass is 10.0. The van der Waals surface area contributed by atoms with Crippen molar-refractivity contribution >= 4 is 16.1 Å². The molecule has 0 heterocycles. The largest absolute Gasteiger partial charge is 0.534 e. The van der Waals surface area contributed by atoms with Crippen LogP contribution in [-0.2, 0) is 30.3 Å². The molecule has 0 N–H and O–H groups in total. The fourth-order valence-electron chi connectivity index (χ4n) is 2.06. The number of halogens is 3. The second-order valence-corrected chi connectivity index (χ2v) is 6.91. The molecule has 1 aromatic carbocycles. The Morgan fingerprint density at radius 3 is 2.23 bits per heavy atom. The standard InChI is InChI=1S/C17H21F3O5S/c1-3-5-11-15(25-26(22,23)17(18,19)20)14(16(21)24-4-2)12-13-9-7-6-8-10-13/h6-10H,3-5,11-12H2,1-2H3. The van der Waals surface area contributed by atoms with E-state index in [0.29, 0.717) is 18.4 Å². The summed E-state index contributed by atoms with van der Waals surface area (Å²) in [5.41, 5.74) is -5.21. The van der Waals surface area contributed by atoms with Crippen molar-refractivity contribution in [1.82, 2.24) is 0 Å². The maximum Gasteiger partial charge on any atom is 0.534 e. The van der Waals surface area contributed by atoms with E-state index in [0.717, 1.165) is 0 Å². The van der Waals surface area contributed by atoms with Crippen LogP contribution in [0.2, 0.25) is 0 Å². The number of benzene rings is 1. The Morgan fingerprint density at radius 1 is 1.12 bits per heavy atom. The first-order valence-electron chi connectivity index (χ1n) is 8.06. The van der Waals surface area contributed by atoms with Gasteiger partial charge in [0.1, 0.15) is 5.76 Å². The van der Waals surface area contributed by atoms with Crippen molar-refractivity contribution < 1.29 is 35.3 Å². The molecule has 0 aliphatic rings. The van der Waals surface area contributed by atoms with Crippen molar-refractivity contribution in [2.24, 2.45) is 0 Å². The number of hydrogen-bond acceptors (Lipinski definition) is 5. The van der Waals surface area contributed by atoms with Crippen LogP contribution in [0.15, 0.2) is 41.7 Å². The van der Waals surface area contributed by atoms with E-state index in [4.69, 9.17) is 4.74 Å². The third-order valence-electron chi connectivity index (χ3n) is 3.33. The first-order chi connectivity index (χ1) is 12.1. The van der Waals surface area contributed by atoms with Crippen LogP contribution in [0, 0.1) is 0 Å². The minimum Gasteiger partial charge on any atom is -0.463 e. The Morgan fingerprint density at radius 2 is 1.73 bits per heavy atom. The average Bonchev–Trinajstić information content (AvgIpc) is 2.56. The molecule has 0 spiro atoms. The molecule has 0 aliphatic carbocycles. The number of carbonyl (C=O) groups excluding carboxylic acids is 1. The number of unbranched alkanes of at least 4 members (excludes halogenated alkanes) is 1. The van der Waals surface area contributed by atoms with Gasteiger partial charge in [-0.05, 0) is 18.9 Å². The van der Waals surface area contributed by atoms with Gasteiger partial charge in [0.2, 0.25) is 0 Å². The van der Waals surface area contributed by atoms with Gasteiger partial charge < -0.3 is 8.92 Å². The predicted octanol–water partition coefficient (Wildman–Crippen LogP) is 4.10. The molecule has 0 unspecified atom stereocenters. The molecular formula is C17H21F3O5S. The number of hydrogen-bond donors (Lipinski definition) is 0. The molecule has 0 aliphatic heterocycles. The highest BCUT2D eigenvalue weighted by molar-refractivity contribution is 7.87. The quantitative estimate of drug-likeness (QED) is 0.207. The maximum atomic E-state index is 12.7. The van der Waals surface area contributed by atoms with Crippen molar-refractivity contribution in [2.45, 2.75) is 45.0 Å². The summed E-state index contributed by atoms with van der Waals surface area (Å²) < 4.78 is 70.2. The third kappa shape index (κ3) is 6.36. The highest BCUT2D eigenvalue weighted by Gasteiger charge is 2.49. The van der Waals surface area contributed by atoms with Gasteiger partial charge in [0.25, 0.3) is 0 Å². The highest BCUT2D eigenvalue weighted by atomic mass is 32.2. The fraction of sp³-hybridized carbons (Fsp3) is 0.471. The lowest BCUT2D eigenvalue weighted by molar-refractivity contribution is -0.138. The highest BCUT2D eigenvalue weighted by Crippen LogP contribution is 2.30. The zero-order valence-corrected chi connectivity index (χ0v) is 15.3. The smallest absolute Gasteiger partial charge is 0.463 e. The lowest BCUT2D eigenvalue weighted by Crippen LogP contribution is -2.26. The van der Waals surface area contributed by atoms with Gasteiger partial charge in [-0.3, -0.25) is 0 Å². The summed E-state index contributed by atoms with van der Waals surface area (Å²) >= 11 is 0. The Hall–Kier alpha value is -2.03. The van der Waals surface area contributed by atoms with Crippen LogP contribution in [0.4, 0.5) is 13.2 Å². The SMILES string of the molecule is CCCCC(OS(=O)(=O)C(F)(F)F)=C(Cc1ccccc1)C(=O)OCC. The van der Waals surface area contributed by atoms with Gasteiger partial charge in [0, 0.05) is 12.8 Å². The van der Waals surface area contributed by atoms with E-state index in [1.165, 1.54) is 6.92 Å². The van der Waals surface area contributed by atoms with Crippen LogP contribution < -0.4 is 0 Å². The van der Waals surface area contributed by atoms with Gasteiger partial charge in [-0.2, -0.15) is 21.6 Å². The molecule has 0 radical (unpaired) electrons. The number of ether oxygens (including phenoxy) is 1. The van der Waals surface area contributed by atoms with E-state index >= 15 is 0 Å². The second kappa shape index (κ2) is 9.61. The van der Waals surface area contributed by atoms with Crippen molar-refractivity contribution in [1.29, 1.82) is 0 Å². The average molecular weight is 394 g/mol. The first kappa shape index (κ1) is 22.0. The molecule has 0 bridgehead atoms. The van der Waals surface area contributed by atoms with Gasteiger partial charge in [-0.25, -0.2) is 4.79 Å². The normalized spacial score (nSPS) is 13.1. The van der Waals surface area contributed by atoms with Crippen LogP contribution >= 0.6 is 0 Å². The van der Waals surface area contributed by atoms with Crippen LogP contribution in [0.3, 0.4) is 0 Å². The van der Waals surface area contributed by atoms with E-state index in [2.05, 4.69) is 4.18 Å². The molecule has 0 atom stereocenters. The van der Waals surface area contributed by atoms with Crippen LogP contribution in [0.5, 0.6) is 0 Å². The number of rotatable bonds is 9. The summed E-state index contributed by atoms with van der Waals surface area (Å²) in [6.07, 6.45) is 0.680. The summed E-state index contributed by atoms with van der Waals surface area (Å²) in [5, 5.41) is 0. The molecule has 0 saturated carbocycles. The molecular weight excluding hydrogens is 373 g/mol. The van der Waals surface area contributed by atoms with Gasteiger partial charge in [-0.1, -0.05) is 43.7 Å². The third-order valence-corrected chi connectivity index (χ3v) is 4.32. The fourth-order valence-corrected chi connectivity index (χ4v) is 2.61. The monoisotopic (exact) mass is 394 g/mol. The number of carbonyl (C=O) groups is 1. The maximum absolute atomic E-state index is 12.7. The van der Waals surface area contributed by atoms with E-state index in [9.17, 15) is 26.4 Å². The lowest BCUT2D eigenvalue weighted by Gasteiger charge is -2.16. The van der Waals surface area contributed by atoms with Gasteiger partial charge in [0.05, 0.1) is 12.2 Å². The van der Waals surface area contributed by atoms with Crippen LogP contribution in [-0.4, -0.2) is 26.5 Å². The Labute approximate surface area is 150 Å². The Balaban J connectivity index is 3.38. The molecule has 0 saturated heterocycles. The molecule has 146 valence electrons. The van der Waals surface area contributed by atoms with E-state index < -0.39 is 27.4 Å². The van der Waals surface area contributed by atoms with Gasteiger partial charge in [0.15, 0.2) is 0 Å². The minimum atomic E-state index is -5.88. The summed E-state index contributed by atoms with van der Waals surface area (Å²) in [5.74, 6) is -1.44. The zero-order valence-electron chi connectivity index (χ0n) is 14.5. The summed E-state index contributed by atoms with van der Waals surface area (Å²) in [6.45, 7) is 3.30. The van der Waals surface area contributed by atoms with Gasteiger partial charge >= 0.3 is 21.6 Å². The molecule has 26 heavy (non-hydrogen) atoms. The van der Waals surface area contributed by atoms with Crippen LogP contribution in [0.25, 0.3) is 0 Å². The molecule has 1 aromatic rings. The second-order valence-electron chi connectivity index (χ2n) is 5.37. The molecule has 0 fully saturated rings. The number of esters is 1. The Kier molecular flexibility index (Phi) is 8.13. The summed E-state index contributed by atoms with van der Waals surface area (Å²) in [7, 11) is -5.88. The van der Waals surface area contributed by atoms with E-state index in [-0.39, 0.29) is 25.0 Å². The van der Waals surface area contributed by atoms with E-state index in [1.807, 2.05) is 0 Å². The predicted molar refractivity (Wildman–Crippen MR) is 89.4 cm³/mol. The van der Waals surface area contributed by atoms with E-state index in [1.54, 1.807) is 37.3 Å². The molecule has 0 aromatic heterocycles. The topological polar surface area (TPSA) is 69.7 Å². The van der Waals surface area contributed by atoms with Crippen molar-refractivity contribution in [3.8, 4) is 0 Å². The van der Waals surface area contributed by atoms with Crippen molar-refractivity contribution in [3.63, 3.8) is 0 Å². The van der Waals surface area contributed by atoms with Gasteiger partial charge in [-0.15, -0.1) is 0 Å². The number of allylic oxidation sites excluding steroid dienone is 1. The summed E-state index contributed by atoms with van der Waals surface area (Å²) in [6, 6.07) is 8.44. The Bertz CT molecular complexity index is 725. The van der Waals surface area contributed by atoms with Crippen molar-refractivity contribution in [3.05, 3.63) is 47.2 Å². The zero-order chi connectivity index (χ0) is 19.8. The molecule has 0 amide bonds. The molecule has 5 nitrogen and oxygen atoms in total.